The number of fused-ring (bicyclic) bond motifs is 1. The lowest BCUT2D eigenvalue weighted by molar-refractivity contribution is -0.376. The van der Waals surface area contributed by atoms with E-state index in [4.69, 9.17) is 95.1 Å². The fraction of sp³-hybridized carbons (Fsp3) is 0.365. The quantitative estimate of drug-likeness (QED) is 0.0212. The normalized spacial score (nSPS) is 27.4. The molecule has 0 amide bonds. The third kappa shape index (κ3) is 25.1. The van der Waals surface area contributed by atoms with Crippen molar-refractivity contribution in [3.63, 3.8) is 0 Å². The highest BCUT2D eigenvalue weighted by Gasteiger charge is 2.63. The molecular weight excluding hydrogens is 1610 g/mol. The predicted molar refractivity (Wildman–Crippen MR) is 472 cm³/mol. The molecule has 23 heteroatoms. The Morgan fingerprint density at radius 3 is 0.882 bits per heavy atom. The van der Waals surface area contributed by atoms with Crippen LogP contribution in [0.15, 0.2) is 339 Å². The molecular formula is C104H111N3O20. The van der Waals surface area contributed by atoms with Gasteiger partial charge in [0.2, 0.25) is 0 Å². The lowest BCUT2D eigenvalue weighted by Crippen LogP contribution is -2.68. The van der Waals surface area contributed by atoms with Crippen molar-refractivity contribution in [2.24, 2.45) is 5.11 Å². The van der Waals surface area contributed by atoms with E-state index in [-0.39, 0.29) is 92.5 Å². The van der Waals surface area contributed by atoms with Crippen molar-refractivity contribution in [1.29, 1.82) is 0 Å². The van der Waals surface area contributed by atoms with Crippen LogP contribution in [0.25, 0.3) is 10.4 Å². The summed E-state index contributed by atoms with van der Waals surface area (Å²) in [5.74, 6) is -1.21. The molecule has 0 aromatic heterocycles. The molecule has 127 heavy (non-hydrogen) atoms. The topological polar surface area (TPSA) is 244 Å². The Balaban J connectivity index is 0.800. The summed E-state index contributed by atoms with van der Waals surface area (Å²) < 4.78 is 138. The van der Waals surface area contributed by atoms with Gasteiger partial charge in [0, 0.05) is 4.91 Å². The summed E-state index contributed by atoms with van der Waals surface area (Å²) in [4.78, 5) is 3.63. The van der Waals surface area contributed by atoms with E-state index in [2.05, 4.69) is 4.91 Å². The molecule has 0 spiro atoms. The molecule has 1 N–H and O–H groups in total. The molecule has 0 bridgehead atoms. The van der Waals surface area contributed by atoms with Crippen molar-refractivity contribution in [1.82, 2.24) is 0 Å². The molecule has 4 heterocycles. The maximum atomic E-state index is 13.2. The maximum absolute atomic E-state index is 13.2. The smallest absolute Gasteiger partial charge is 0.187 e. The van der Waals surface area contributed by atoms with Gasteiger partial charge in [-0.25, -0.2) is 0 Å². The third-order valence-electron chi connectivity index (χ3n) is 23.2. The first-order chi connectivity index (χ1) is 62.6. The highest BCUT2D eigenvalue weighted by molar-refractivity contribution is 5.24. The summed E-state index contributed by atoms with van der Waals surface area (Å²) in [5, 5.41) is 17.9. The average molecular weight is 1720 g/mol. The fourth-order valence-electron chi connectivity index (χ4n) is 16.9. The third-order valence-corrected chi connectivity index (χ3v) is 23.2. The minimum atomic E-state index is -1.51. The van der Waals surface area contributed by atoms with Crippen molar-refractivity contribution in [3.05, 3.63) is 405 Å². The van der Waals surface area contributed by atoms with Crippen LogP contribution in [0.3, 0.4) is 0 Å². The number of aliphatic hydroxyl groups excluding tert-OH is 1. The van der Waals surface area contributed by atoms with Crippen LogP contribution < -0.4 is 0 Å². The summed E-state index contributed by atoms with van der Waals surface area (Å²) in [7, 11) is 0. The van der Waals surface area contributed by atoms with Crippen molar-refractivity contribution in [2.75, 3.05) is 19.8 Å². The monoisotopic (exact) mass is 1720 g/mol. The largest absolute Gasteiger partial charge is 0.385 e. The van der Waals surface area contributed by atoms with Gasteiger partial charge >= 0.3 is 0 Å². The van der Waals surface area contributed by atoms with Crippen LogP contribution in [0.2, 0.25) is 0 Å². The highest BCUT2D eigenvalue weighted by Crippen LogP contribution is 2.46. The van der Waals surface area contributed by atoms with E-state index < -0.39 is 134 Å². The second-order valence-electron chi connectivity index (χ2n) is 32.8. The van der Waals surface area contributed by atoms with E-state index in [1.54, 1.807) is 0 Å². The van der Waals surface area contributed by atoms with Crippen LogP contribution in [0.4, 0.5) is 0 Å². The Bertz CT molecular complexity index is 5020. The molecule has 0 radical (unpaired) electrons. The van der Waals surface area contributed by atoms with Crippen molar-refractivity contribution in [3.8, 4) is 0 Å². The number of azide groups is 1. The molecule has 11 aromatic carbocycles. The number of rotatable bonds is 43. The fourth-order valence-corrected chi connectivity index (χ4v) is 16.9. The van der Waals surface area contributed by atoms with Gasteiger partial charge in [0.05, 0.1) is 92.5 Å². The van der Waals surface area contributed by atoms with E-state index in [9.17, 15) is 10.6 Å². The van der Waals surface area contributed by atoms with Crippen LogP contribution >= 0.6 is 0 Å². The second-order valence-corrected chi connectivity index (χ2v) is 32.8. The Morgan fingerprint density at radius 2 is 0.520 bits per heavy atom. The van der Waals surface area contributed by atoms with Gasteiger partial charge in [0.1, 0.15) is 110 Å². The number of benzene rings is 11. The Labute approximate surface area is 742 Å². The predicted octanol–water partition coefficient (Wildman–Crippen LogP) is 17.2. The summed E-state index contributed by atoms with van der Waals surface area (Å²) in [6, 6.07) is 107. The summed E-state index contributed by atoms with van der Waals surface area (Å²) in [5.41, 5.74) is 20.9. The molecule has 662 valence electrons. The number of ether oxygens (including phenoxy) is 19. The zero-order chi connectivity index (χ0) is 86.6. The van der Waals surface area contributed by atoms with Gasteiger partial charge in [0.15, 0.2) is 24.7 Å². The number of nitrogens with zero attached hydrogens (tertiary/aromatic N) is 3. The first kappa shape index (κ1) is 90.3. The van der Waals surface area contributed by atoms with Gasteiger partial charge in [-0.05, 0) is 80.6 Å². The first-order valence-corrected chi connectivity index (χ1v) is 43.7. The standard InChI is InChI=1S/C104H111N3O20/c1-104(2)126-98-96(118-67-81-54-32-12-33-55-81)94(116-65-79-50-28-10-29-51-79)95(117-66-80-52-30-11-31-53-80)97(99(98)127-104)125-101-86(106-107-105)91(113-62-76-44-22-7-23-45-76)90(84(121-101)70-110-59-73-38-16-4-17-39-73)124-103-100(119-68-82-56-34-13-35-57-82)93(115-64-78-48-26-9-27-49-78)89(112-61-75-42-20-6-21-43-75)85(123-103)71-120-102-87(108)92(114-63-77-46-24-8-25-47-77)88(111-60-74-40-18-5-19-41-74)83(122-102)69-109-58-72-36-14-3-15-37-72/h3-57,83-103,108H,58-71H2,1-2H3. The van der Waals surface area contributed by atoms with Crippen LogP contribution in [0, 0.1) is 0 Å². The van der Waals surface area contributed by atoms with E-state index in [1.165, 1.54) is 0 Å². The lowest BCUT2D eigenvalue weighted by Gasteiger charge is -2.51. The van der Waals surface area contributed by atoms with Crippen molar-refractivity contribution >= 4 is 0 Å². The molecule has 1 aliphatic carbocycles. The van der Waals surface area contributed by atoms with Crippen LogP contribution in [-0.4, -0.2) is 159 Å². The molecule has 11 aromatic rings. The van der Waals surface area contributed by atoms with E-state index >= 15 is 0 Å². The second kappa shape index (κ2) is 46.3. The maximum Gasteiger partial charge on any atom is 0.187 e. The highest BCUT2D eigenvalue weighted by atomic mass is 16.8. The molecule has 5 aliphatic rings. The van der Waals surface area contributed by atoms with E-state index in [0.29, 0.717) is 0 Å². The SMILES string of the molecule is CC1(C)OC2C(OCc3ccccc3)C(OCc3ccccc3)C(OCc3ccccc3)C(OC3OC(COCc4ccccc4)C(OC4OC(COC5OC(COCc6ccccc6)C(OCc6ccccc6)C(OCc6ccccc6)C5O)C(OCc5ccccc5)C(OCc5ccccc5)C4OCc4ccccc4)C(OCc4ccccc4)C3N=[N+]=[N-])C2O1. The molecule has 16 rings (SSSR count). The van der Waals surface area contributed by atoms with Crippen LogP contribution in [-0.2, 0) is 163 Å². The summed E-state index contributed by atoms with van der Waals surface area (Å²) in [6.45, 7) is 4.44. The molecule has 4 aliphatic heterocycles. The van der Waals surface area contributed by atoms with Gasteiger partial charge in [-0.2, -0.15) is 0 Å². The Kier molecular flexibility index (Phi) is 32.9. The van der Waals surface area contributed by atoms with E-state index in [1.807, 2.05) is 347 Å². The molecule has 23 nitrogen and oxygen atoms in total. The zero-order valence-corrected chi connectivity index (χ0v) is 71.3. The van der Waals surface area contributed by atoms with Gasteiger partial charge in [-0.1, -0.05) is 339 Å². The van der Waals surface area contributed by atoms with Crippen molar-refractivity contribution in [2.45, 2.75) is 221 Å². The summed E-state index contributed by atoms with van der Waals surface area (Å²) in [6.07, 6.45) is -22.7. The minimum Gasteiger partial charge on any atom is -0.385 e. The lowest BCUT2D eigenvalue weighted by atomic mass is 9.83. The number of aliphatic hydroxyl groups is 1. The van der Waals surface area contributed by atoms with E-state index in [0.717, 1.165) is 61.2 Å². The van der Waals surface area contributed by atoms with Crippen LogP contribution in [0.5, 0.6) is 0 Å². The van der Waals surface area contributed by atoms with Crippen molar-refractivity contribution < 1.29 is 95.1 Å². The van der Waals surface area contributed by atoms with Gasteiger partial charge in [-0.3, -0.25) is 0 Å². The molecule has 4 saturated heterocycles. The number of hydrogen-bond acceptors (Lipinski definition) is 21. The minimum absolute atomic E-state index is 0.00953. The van der Waals surface area contributed by atoms with Gasteiger partial charge in [0.25, 0.3) is 0 Å². The number of hydrogen-bond donors (Lipinski definition) is 1. The Morgan fingerprint density at radius 1 is 0.268 bits per heavy atom. The van der Waals surface area contributed by atoms with Gasteiger partial charge in [-0.15, -0.1) is 0 Å². The van der Waals surface area contributed by atoms with Gasteiger partial charge < -0.3 is 95.1 Å². The van der Waals surface area contributed by atoms with Crippen LogP contribution in [0.1, 0.15) is 75.0 Å². The molecule has 1 saturated carbocycles. The molecule has 21 atom stereocenters. The Hall–Kier alpha value is -10.1. The first-order valence-electron chi connectivity index (χ1n) is 43.7. The summed E-state index contributed by atoms with van der Waals surface area (Å²) >= 11 is 0. The average Bonchev–Trinajstić information content (AvgIpc) is 1.64. The molecule has 21 unspecified atom stereocenters. The zero-order valence-electron chi connectivity index (χ0n) is 71.3. The molecule has 5 fully saturated rings.